The highest BCUT2D eigenvalue weighted by atomic mass is 16.2. The first-order valence-corrected chi connectivity index (χ1v) is 5.75. The summed E-state index contributed by atoms with van der Waals surface area (Å²) in [5, 5.41) is 10.9. The Morgan fingerprint density at radius 3 is 2.75 bits per heavy atom. The normalized spacial score (nSPS) is 20.1. The summed E-state index contributed by atoms with van der Waals surface area (Å²) in [4.78, 5) is 13.5. The van der Waals surface area contributed by atoms with Crippen molar-refractivity contribution in [3.8, 4) is 6.07 Å². The molecular weight excluding hydrogens is 204 g/mol. The minimum Gasteiger partial charge on any atom is -0.342 e. The van der Waals surface area contributed by atoms with E-state index in [1.807, 2.05) is 13.0 Å². The number of nitriles is 1. The Kier molecular flexibility index (Phi) is 5.23. The molecule has 1 amide bonds. The topological polar surface area (TPSA) is 82.2 Å². The van der Waals surface area contributed by atoms with Gasteiger partial charge in [0.25, 0.3) is 0 Å². The summed E-state index contributed by atoms with van der Waals surface area (Å²) >= 11 is 0. The van der Waals surface area contributed by atoms with Crippen LogP contribution in [-0.4, -0.2) is 43.0 Å². The van der Waals surface area contributed by atoms with E-state index in [0.717, 1.165) is 25.9 Å². The van der Waals surface area contributed by atoms with Crippen LogP contribution in [0, 0.1) is 17.2 Å². The van der Waals surface area contributed by atoms with Crippen molar-refractivity contribution in [3.63, 3.8) is 0 Å². The van der Waals surface area contributed by atoms with E-state index < -0.39 is 0 Å². The summed E-state index contributed by atoms with van der Waals surface area (Å²) in [6.07, 6.45) is 2.12. The lowest BCUT2D eigenvalue weighted by Gasteiger charge is -2.33. The molecule has 1 rings (SSSR count). The van der Waals surface area contributed by atoms with Crippen molar-refractivity contribution in [3.05, 3.63) is 0 Å². The number of hydrogen-bond donors (Lipinski definition) is 2. The largest absolute Gasteiger partial charge is 0.342 e. The Morgan fingerprint density at radius 2 is 2.25 bits per heavy atom. The van der Waals surface area contributed by atoms with Crippen LogP contribution in [0.4, 0.5) is 0 Å². The van der Waals surface area contributed by atoms with Crippen molar-refractivity contribution in [2.24, 2.45) is 11.7 Å². The number of nitrogens with two attached hydrogens (primary N) is 1. The van der Waals surface area contributed by atoms with Gasteiger partial charge in [-0.1, -0.05) is 0 Å². The number of likely N-dealkylation sites (tertiary alicyclic amines) is 1. The highest BCUT2D eigenvalue weighted by Crippen LogP contribution is 2.18. The zero-order valence-corrected chi connectivity index (χ0v) is 9.78. The molecule has 1 heterocycles. The minimum atomic E-state index is -0.0687. The van der Waals surface area contributed by atoms with Gasteiger partial charge in [0.2, 0.25) is 5.91 Å². The fraction of sp³-hybridized carbons (Fsp3) is 0.818. The highest BCUT2D eigenvalue weighted by molar-refractivity contribution is 5.78. The third-order valence-electron chi connectivity index (χ3n) is 3.11. The number of piperidine rings is 1. The SMILES string of the molecule is CC(N)C1CCN(CC(=O)NCC#N)CC1. The summed E-state index contributed by atoms with van der Waals surface area (Å²) in [5.74, 6) is 0.513. The molecule has 5 nitrogen and oxygen atoms in total. The van der Waals surface area contributed by atoms with Gasteiger partial charge < -0.3 is 11.1 Å². The first-order valence-electron chi connectivity index (χ1n) is 5.75. The summed E-state index contributed by atoms with van der Waals surface area (Å²) < 4.78 is 0. The molecule has 0 aromatic carbocycles. The maximum absolute atomic E-state index is 11.4. The van der Waals surface area contributed by atoms with Gasteiger partial charge in [-0.25, -0.2) is 0 Å². The molecule has 1 fully saturated rings. The lowest BCUT2D eigenvalue weighted by atomic mass is 9.91. The molecule has 0 bridgehead atoms. The van der Waals surface area contributed by atoms with Gasteiger partial charge in [0.15, 0.2) is 0 Å². The van der Waals surface area contributed by atoms with Gasteiger partial charge in [-0.2, -0.15) is 5.26 Å². The van der Waals surface area contributed by atoms with Crippen LogP contribution in [0.3, 0.4) is 0 Å². The molecular formula is C11H20N4O. The van der Waals surface area contributed by atoms with Crippen LogP contribution in [0.15, 0.2) is 0 Å². The van der Waals surface area contributed by atoms with Crippen LogP contribution in [-0.2, 0) is 4.79 Å². The minimum absolute atomic E-state index is 0.0687. The van der Waals surface area contributed by atoms with Crippen molar-refractivity contribution in [2.75, 3.05) is 26.2 Å². The second-order valence-electron chi connectivity index (χ2n) is 4.41. The van der Waals surface area contributed by atoms with Crippen LogP contribution < -0.4 is 11.1 Å². The van der Waals surface area contributed by atoms with Crippen molar-refractivity contribution in [2.45, 2.75) is 25.8 Å². The molecule has 0 aromatic heterocycles. The Hall–Kier alpha value is -1.12. The number of rotatable bonds is 4. The molecule has 90 valence electrons. The van der Waals surface area contributed by atoms with E-state index in [2.05, 4.69) is 10.2 Å². The predicted molar refractivity (Wildman–Crippen MR) is 61.4 cm³/mol. The zero-order valence-electron chi connectivity index (χ0n) is 9.78. The molecule has 16 heavy (non-hydrogen) atoms. The molecule has 5 heteroatoms. The van der Waals surface area contributed by atoms with Crippen molar-refractivity contribution >= 4 is 5.91 Å². The van der Waals surface area contributed by atoms with Gasteiger partial charge in [-0.3, -0.25) is 9.69 Å². The molecule has 1 aliphatic rings. The van der Waals surface area contributed by atoms with Gasteiger partial charge in [-0.05, 0) is 38.8 Å². The highest BCUT2D eigenvalue weighted by Gasteiger charge is 2.22. The number of amides is 1. The standard InChI is InChI=1S/C11H20N4O/c1-9(13)10-2-6-15(7-3-10)8-11(16)14-5-4-12/h9-10H,2-3,5-8,13H2,1H3,(H,14,16). The number of carbonyl (C=O) groups excluding carboxylic acids is 1. The van der Waals surface area contributed by atoms with E-state index in [1.165, 1.54) is 0 Å². The summed E-state index contributed by atoms with van der Waals surface area (Å²) in [6, 6.07) is 2.14. The number of nitrogens with one attached hydrogen (secondary N) is 1. The second-order valence-corrected chi connectivity index (χ2v) is 4.41. The third-order valence-corrected chi connectivity index (χ3v) is 3.11. The number of nitrogens with zero attached hydrogens (tertiary/aromatic N) is 2. The fourth-order valence-corrected chi connectivity index (χ4v) is 2.03. The molecule has 0 saturated carbocycles. The summed E-state index contributed by atoms with van der Waals surface area (Å²) in [5.41, 5.74) is 5.85. The van der Waals surface area contributed by atoms with E-state index in [-0.39, 0.29) is 18.5 Å². The number of carbonyl (C=O) groups is 1. The lowest BCUT2D eigenvalue weighted by molar-refractivity contribution is -0.122. The molecule has 1 unspecified atom stereocenters. The average molecular weight is 224 g/mol. The van der Waals surface area contributed by atoms with Crippen molar-refractivity contribution in [1.82, 2.24) is 10.2 Å². The lowest BCUT2D eigenvalue weighted by Crippen LogP contribution is -2.44. The first kappa shape index (κ1) is 12.9. The van der Waals surface area contributed by atoms with Gasteiger partial charge in [-0.15, -0.1) is 0 Å². The quantitative estimate of drug-likeness (QED) is 0.641. The van der Waals surface area contributed by atoms with E-state index >= 15 is 0 Å². The van der Waals surface area contributed by atoms with Crippen molar-refractivity contribution in [1.29, 1.82) is 5.26 Å². The molecule has 0 aliphatic carbocycles. The Morgan fingerprint density at radius 1 is 1.62 bits per heavy atom. The van der Waals surface area contributed by atoms with E-state index in [4.69, 9.17) is 11.0 Å². The summed E-state index contributed by atoms with van der Waals surface area (Å²) in [7, 11) is 0. The summed E-state index contributed by atoms with van der Waals surface area (Å²) in [6.45, 7) is 4.38. The monoisotopic (exact) mass is 224 g/mol. The van der Waals surface area contributed by atoms with Gasteiger partial charge in [0, 0.05) is 6.04 Å². The van der Waals surface area contributed by atoms with Crippen LogP contribution in [0.25, 0.3) is 0 Å². The van der Waals surface area contributed by atoms with Crippen molar-refractivity contribution < 1.29 is 4.79 Å². The molecule has 0 radical (unpaired) electrons. The smallest absolute Gasteiger partial charge is 0.235 e. The molecule has 1 aliphatic heterocycles. The third kappa shape index (κ3) is 4.17. The molecule has 3 N–H and O–H groups in total. The molecule has 1 atom stereocenters. The van der Waals surface area contributed by atoms with Gasteiger partial charge in [0.05, 0.1) is 12.6 Å². The second kappa shape index (κ2) is 6.46. The Bertz CT molecular complexity index is 264. The zero-order chi connectivity index (χ0) is 12.0. The van der Waals surface area contributed by atoms with Gasteiger partial charge >= 0.3 is 0 Å². The fourth-order valence-electron chi connectivity index (χ4n) is 2.03. The Labute approximate surface area is 96.6 Å². The molecule has 0 spiro atoms. The maximum Gasteiger partial charge on any atom is 0.235 e. The first-order chi connectivity index (χ1) is 7.63. The van der Waals surface area contributed by atoms with Crippen LogP contribution in [0.2, 0.25) is 0 Å². The molecule has 0 aromatic rings. The number of hydrogen-bond acceptors (Lipinski definition) is 4. The van der Waals surface area contributed by atoms with Crippen LogP contribution in [0.1, 0.15) is 19.8 Å². The van der Waals surface area contributed by atoms with E-state index in [0.29, 0.717) is 12.5 Å². The maximum atomic E-state index is 11.4. The van der Waals surface area contributed by atoms with Crippen LogP contribution >= 0.6 is 0 Å². The van der Waals surface area contributed by atoms with Gasteiger partial charge in [0.1, 0.15) is 6.54 Å². The van der Waals surface area contributed by atoms with Crippen LogP contribution in [0.5, 0.6) is 0 Å². The molecule has 1 saturated heterocycles. The van der Waals surface area contributed by atoms with E-state index in [9.17, 15) is 4.79 Å². The van der Waals surface area contributed by atoms with E-state index in [1.54, 1.807) is 0 Å². The average Bonchev–Trinajstić information content (AvgIpc) is 2.27. The Balaban J connectivity index is 2.22. The predicted octanol–water partition coefficient (Wildman–Crippen LogP) is -0.315.